The molecule has 0 aliphatic carbocycles. The molecule has 0 unspecified atom stereocenters. The summed E-state index contributed by atoms with van der Waals surface area (Å²) in [4.78, 5) is 21.7. The normalized spacial score (nSPS) is 10.5. The van der Waals surface area contributed by atoms with Gasteiger partial charge in [0, 0.05) is 5.56 Å². The second-order valence-corrected chi connectivity index (χ2v) is 3.72. The molecule has 0 atom stereocenters. The number of rotatable bonds is 4. The molecule has 0 bridgehead atoms. The van der Waals surface area contributed by atoms with Crippen LogP contribution in [0.25, 0.3) is 0 Å². The first-order valence-corrected chi connectivity index (χ1v) is 5.51. The van der Waals surface area contributed by atoms with Crippen LogP contribution >= 0.6 is 0 Å². The third kappa shape index (κ3) is 3.32. The van der Waals surface area contributed by atoms with Crippen LogP contribution in [0.1, 0.15) is 10.4 Å². The van der Waals surface area contributed by atoms with Crippen molar-refractivity contribution in [2.45, 2.75) is 0 Å². The van der Waals surface area contributed by atoms with Gasteiger partial charge in [0.1, 0.15) is 0 Å². The SMILES string of the molecule is O=C(O)C(=O)c1ccc(N=Nc2ccccc2)cc1. The summed E-state index contributed by atoms with van der Waals surface area (Å²) in [6, 6.07) is 15.1. The van der Waals surface area contributed by atoms with E-state index in [0.717, 1.165) is 0 Å². The van der Waals surface area contributed by atoms with Crippen LogP contribution in [0.4, 0.5) is 11.4 Å². The Hall–Kier alpha value is -2.82. The van der Waals surface area contributed by atoms with E-state index in [1.165, 1.54) is 12.1 Å². The van der Waals surface area contributed by atoms with Crippen LogP contribution in [-0.2, 0) is 4.79 Å². The number of Topliss-reactive ketones (excluding diaryl/α,β-unsaturated/α-hetero) is 1. The number of ketones is 1. The van der Waals surface area contributed by atoms with Gasteiger partial charge in [0.15, 0.2) is 0 Å². The highest BCUT2D eigenvalue weighted by Crippen LogP contribution is 2.18. The molecule has 0 aromatic heterocycles. The number of hydrogen-bond acceptors (Lipinski definition) is 4. The van der Waals surface area contributed by atoms with Crippen molar-refractivity contribution < 1.29 is 14.7 Å². The molecular weight excluding hydrogens is 244 g/mol. The lowest BCUT2D eigenvalue weighted by Crippen LogP contribution is -2.12. The van der Waals surface area contributed by atoms with Gasteiger partial charge in [-0.25, -0.2) is 4.79 Å². The average Bonchev–Trinajstić information content (AvgIpc) is 2.46. The van der Waals surface area contributed by atoms with E-state index in [9.17, 15) is 9.59 Å². The van der Waals surface area contributed by atoms with E-state index in [1.54, 1.807) is 12.1 Å². The van der Waals surface area contributed by atoms with Gasteiger partial charge in [-0.15, -0.1) is 0 Å². The predicted molar refractivity (Wildman–Crippen MR) is 69.0 cm³/mol. The van der Waals surface area contributed by atoms with Gasteiger partial charge < -0.3 is 5.11 Å². The molecule has 1 N–H and O–H groups in total. The quantitative estimate of drug-likeness (QED) is 0.516. The van der Waals surface area contributed by atoms with Gasteiger partial charge in [0.05, 0.1) is 11.4 Å². The van der Waals surface area contributed by atoms with Gasteiger partial charge in [-0.2, -0.15) is 10.2 Å². The van der Waals surface area contributed by atoms with Gasteiger partial charge in [0.2, 0.25) is 0 Å². The lowest BCUT2D eigenvalue weighted by molar-refractivity contribution is -0.131. The van der Waals surface area contributed by atoms with E-state index in [4.69, 9.17) is 5.11 Å². The van der Waals surface area contributed by atoms with E-state index in [-0.39, 0.29) is 5.56 Å². The fourth-order valence-electron chi connectivity index (χ4n) is 1.41. The molecule has 5 nitrogen and oxygen atoms in total. The molecule has 0 aliphatic rings. The molecule has 0 aliphatic heterocycles. The Morgan fingerprint density at radius 3 is 1.84 bits per heavy atom. The van der Waals surface area contributed by atoms with Gasteiger partial charge in [-0.05, 0) is 36.4 Å². The highest BCUT2D eigenvalue weighted by atomic mass is 16.4. The minimum atomic E-state index is -1.47. The van der Waals surface area contributed by atoms with Gasteiger partial charge in [-0.1, -0.05) is 18.2 Å². The number of carbonyl (C=O) groups excluding carboxylic acids is 1. The standard InChI is InChI=1S/C14H10N2O3/c17-13(14(18)19)10-6-8-12(9-7-10)16-15-11-4-2-1-3-5-11/h1-9H,(H,18,19). The summed E-state index contributed by atoms with van der Waals surface area (Å²) in [6.45, 7) is 0. The monoisotopic (exact) mass is 254 g/mol. The second-order valence-electron chi connectivity index (χ2n) is 3.72. The molecule has 94 valence electrons. The number of nitrogens with zero attached hydrogens (tertiary/aromatic N) is 2. The molecule has 0 saturated carbocycles. The molecule has 0 fully saturated rings. The van der Waals surface area contributed by atoms with Crippen LogP contribution in [0.5, 0.6) is 0 Å². The number of azo groups is 1. The number of carbonyl (C=O) groups is 2. The van der Waals surface area contributed by atoms with E-state index in [2.05, 4.69) is 10.2 Å². The Balaban J connectivity index is 2.13. The molecule has 0 saturated heterocycles. The Labute approximate surface area is 109 Å². The molecule has 2 aromatic rings. The molecule has 5 heteroatoms. The van der Waals surface area contributed by atoms with E-state index < -0.39 is 11.8 Å². The van der Waals surface area contributed by atoms with Crippen molar-refractivity contribution in [1.82, 2.24) is 0 Å². The van der Waals surface area contributed by atoms with E-state index in [0.29, 0.717) is 11.4 Å². The Bertz CT molecular complexity index is 619. The van der Waals surface area contributed by atoms with Crippen molar-refractivity contribution in [3.05, 3.63) is 60.2 Å². The fourth-order valence-corrected chi connectivity index (χ4v) is 1.41. The zero-order chi connectivity index (χ0) is 13.7. The first kappa shape index (κ1) is 12.6. The lowest BCUT2D eigenvalue weighted by Gasteiger charge is -1.96. The van der Waals surface area contributed by atoms with Crippen molar-refractivity contribution in [3.63, 3.8) is 0 Å². The summed E-state index contributed by atoms with van der Waals surface area (Å²) in [6.07, 6.45) is 0. The van der Waals surface area contributed by atoms with Crippen LogP contribution < -0.4 is 0 Å². The van der Waals surface area contributed by atoms with Gasteiger partial charge in [0.25, 0.3) is 5.78 Å². The average molecular weight is 254 g/mol. The van der Waals surface area contributed by atoms with Crippen molar-refractivity contribution in [3.8, 4) is 0 Å². The first-order valence-electron chi connectivity index (χ1n) is 5.51. The van der Waals surface area contributed by atoms with E-state index in [1.807, 2.05) is 30.3 Å². The van der Waals surface area contributed by atoms with Crippen molar-refractivity contribution in [2.75, 3.05) is 0 Å². The summed E-state index contributed by atoms with van der Waals surface area (Å²) in [5.41, 5.74) is 1.38. The molecule has 0 heterocycles. The highest BCUT2D eigenvalue weighted by Gasteiger charge is 2.13. The molecular formula is C14H10N2O3. The highest BCUT2D eigenvalue weighted by molar-refractivity contribution is 6.39. The second kappa shape index (κ2) is 5.68. The van der Waals surface area contributed by atoms with E-state index >= 15 is 0 Å². The molecule has 19 heavy (non-hydrogen) atoms. The molecule has 0 amide bonds. The van der Waals surface area contributed by atoms with Gasteiger partial charge in [-0.3, -0.25) is 4.79 Å². The smallest absolute Gasteiger partial charge is 0.377 e. The summed E-state index contributed by atoms with van der Waals surface area (Å²) in [7, 11) is 0. The number of benzene rings is 2. The Kier molecular flexibility index (Phi) is 3.78. The maximum Gasteiger partial charge on any atom is 0.377 e. The number of hydrogen-bond donors (Lipinski definition) is 1. The first-order chi connectivity index (χ1) is 9.16. The maximum atomic E-state index is 11.2. The third-order valence-electron chi connectivity index (χ3n) is 2.36. The molecule has 0 spiro atoms. The van der Waals surface area contributed by atoms with Crippen LogP contribution in [0.15, 0.2) is 64.8 Å². The fraction of sp³-hybridized carbons (Fsp3) is 0. The summed E-state index contributed by atoms with van der Waals surface area (Å²) < 4.78 is 0. The van der Waals surface area contributed by atoms with Crippen molar-refractivity contribution >= 4 is 23.1 Å². The lowest BCUT2D eigenvalue weighted by atomic mass is 10.1. The van der Waals surface area contributed by atoms with Crippen molar-refractivity contribution in [1.29, 1.82) is 0 Å². The Morgan fingerprint density at radius 2 is 1.32 bits per heavy atom. The van der Waals surface area contributed by atoms with Crippen LogP contribution in [-0.4, -0.2) is 16.9 Å². The zero-order valence-electron chi connectivity index (χ0n) is 9.85. The van der Waals surface area contributed by atoms with Crippen LogP contribution in [0, 0.1) is 0 Å². The number of carboxylic acids is 1. The number of carboxylic acid groups (broad SMARTS) is 1. The minimum Gasteiger partial charge on any atom is -0.475 e. The van der Waals surface area contributed by atoms with Crippen LogP contribution in [0.2, 0.25) is 0 Å². The summed E-state index contributed by atoms with van der Waals surface area (Å²) >= 11 is 0. The summed E-state index contributed by atoms with van der Waals surface area (Å²) in [5.74, 6) is -2.41. The maximum absolute atomic E-state index is 11.2. The predicted octanol–water partition coefficient (Wildman–Crippen LogP) is 3.37. The minimum absolute atomic E-state index is 0.117. The summed E-state index contributed by atoms with van der Waals surface area (Å²) in [5, 5.41) is 16.6. The van der Waals surface area contributed by atoms with Gasteiger partial charge >= 0.3 is 5.97 Å². The number of aliphatic carboxylic acids is 1. The topological polar surface area (TPSA) is 79.1 Å². The van der Waals surface area contributed by atoms with Crippen LogP contribution in [0.3, 0.4) is 0 Å². The molecule has 2 aromatic carbocycles. The zero-order valence-corrected chi connectivity index (χ0v) is 9.85. The van der Waals surface area contributed by atoms with Crippen molar-refractivity contribution in [2.24, 2.45) is 10.2 Å². The largest absolute Gasteiger partial charge is 0.475 e. The Morgan fingerprint density at radius 1 is 0.789 bits per heavy atom. The molecule has 0 radical (unpaired) electrons. The molecule has 2 rings (SSSR count). The third-order valence-corrected chi connectivity index (χ3v) is 2.36.